The number of nitro groups is 1. The zero-order valence-corrected chi connectivity index (χ0v) is 14.5. The van der Waals surface area contributed by atoms with Crippen LogP contribution in [0.2, 0.25) is 0 Å². The van der Waals surface area contributed by atoms with Crippen LogP contribution < -0.4 is 5.32 Å². The molecule has 0 aromatic heterocycles. The summed E-state index contributed by atoms with van der Waals surface area (Å²) in [4.78, 5) is 10.2. The van der Waals surface area contributed by atoms with Crippen LogP contribution in [0, 0.1) is 10.1 Å². The lowest BCUT2D eigenvalue weighted by molar-refractivity contribution is -0.384. The van der Waals surface area contributed by atoms with Crippen LogP contribution in [-0.4, -0.2) is 4.92 Å². The van der Waals surface area contributed by atoms with Gasteiger partial charge in [-0.05, 0) is 30.2 Å². The van der Waals surface area contributed by atoms with Crippen LogP contribution in [0.5, 0.6) is 0 Å². The van der Waals surface area contributed by atoms with E-state index in [4.69, 9.17) is 0 Å². The number of benzene rings is 2. The van der Waals surface area contributed by atoms with Gasteiger partial charge in [0.15, 0.2) is 0 Å². The zero-order valence-electron chi connectivity index (χ0n) is 11.3. The topological polar surface area (TPSA) is 55.2 Å². The smallest absolute Gasteiger partial charge is 0.269 e. The summed E-state index contributed by atoms with van der Waals surface area (Å²) >= 11 is 6.99. The summed E-state index contributed by atoms with van der Waals surface area (Å²) < 4.78 is 2.07. The Morgan fingerprint density at radius 3 is 2.43 bits per heavy atom. The maximum absolute atomic E-state index is 10.6. The predicted molar refractivity (Wildman–Crippen MR) is 90.2 cm³/mol. The van der Waals surface area contributed by atoms with Crippen molar-refractivity contribution < 1.29 is 4.92 Å². The normalized spacial score (nSPS) is 12.1. The predicted octanol–water partition coefficient (Wildman–Crippen LogP) is 4.97. The summed E-state index contributed by atoms with van der Waals surface area (Å²) in [6.45, 7) is 2.74. The van der Waals surface area contributed by atoms with Gasteiger partial charge in [-0.1, -0.05) is 50.1 Å². The van der Waals surface area contributed by atoms with Crippen LogP contribution in [0.1, 0.15) is 24.1 Å². The molecule has 0 radical (unpaired) electrons. The number of hydrogen-bond donors (Lipinski definition) is 1. The second-order valence-electron chi connectivity index (χ2n) is 4.69. The summed E-state index contributed by atoms with van der Waals surface area (Å²) in [7, 11) is 0. The summed E-state index contributed by atoms with van der Waals surface area (Å²) in [6, 6.07) is 12.8. The van der Waals surface area contributed by atoms with Gasteiger partial charge in [-0.25, -0.2) is 0 Å². The molecule has 0 amide bonds. The Bertz CT molecular complexity index is 645. The van der Waals surface area contributed by atoms with E-state index in [2.05, 4.69) is 50.2 Å². The van der Waals surface area contributed by atoms with Gasteiger partial charge in [0.2, 0.25) is 0 Å². The summed E-state index contributed by atoms with van der Waals surface area (Å²) in [6.07, 6.45) is 0. The van der Waals surface area contributed by atoms with E-state index in [-0.39, 0.29) is 11.7 Å². The number of non-ortho nitro benzene ring substituents is 1. The van der Waals surface area contributed by atoms with Gasteiger partial charge < -0.3 is 5.32 Å². The van der Waals surface area contributed by atoms with Crippen LogP contribution in [0.3, 0.4) is 0 Å². The third-order valence-electron chi connectivity index (χ3n) is 3.19. The lowest BCUT2D eigenvalue weighted by atomic mass is 10.1. The Hall–Kier alpha value is -1.24. The van der Waals surface area contributed by atoms with Crippen molar-refractivity contribution in [3.63, 3.8) is 0 Å². The van der Waals surface area contributed by atoms with E-state index in [0.29, 0.717) is 6.54 Å². The van der Waals surface area contributed by atoms with E-state index in [9.17, 15) is 10.1 Å². The molecule has 21 heavy (non-hydrogen) atoms. The minimum absolute atomic E-state index is 0.113. The second kappa shape index (κ2) is 7.15. The summed E-state index contributed by atoms with van der Waals surface area (Å²) in [5.74, 6) is 0. The monoisotopic (exact) mass is 412 g/mol. The van der Waals surface area contributed by atoms with E-state index >= 15 is 0 Å². The van der Waals surface area contributed by atoms with Gasteiger partial charge in [0, 0.05) is 33.7 Å². The Kier molecular flexibility index (Phi) is 5.50. The van der Waals surface area contributed by atoms with Crippen molar-refractivity contribution in [2.24, 2.45) is 0 Å². The molecular formula is C15H14Br2N2O2. The average molecular weight is 414 g/mol. The molecule has 0 saturated carbocycles. The highest BCUT2D eigenvalue weighted by atomic mass is 79.9. The van der Waals surface area contributed by atoms with Crippen molar-refractivity contribution in [2.75, 3.05) is 0 Å². The maximum Gasteiger partial charge on any atom is 0.269 e. The molecule has 0 heterocycles. The van der Waals surface area contributed by atoms with Gasteiger partial charge >= 0.3 is 0 Å². The number of hydrogen-bond acceptors (Lipinski definition) is 3. The first-order valence-corrected chi connectivity index (χ1v) is 7.97. The highest BCUT2D eigenvalue weighted by Crippen LogP contribution is 2.27. The highest BCUT2D eigenvalue weighted by Gasteiger charge is 2.10. The van der Waals surface area contributed by atoms with Crippen molar-refractivity contribution in [3.8, 4) is 0 Å². The number of nitro benzene ring substituents is 1. The fourth-order valence-electron chi connectivity index (χ4n) is 1.97. The quantitative estimate of drug-likeness (QED) is 0.556. The fourth-order valence-corrected chi connectivity index (χ4v) is 3.36. The molecule has 6 heteroatoms. The van der Waals surface area contributed by atoms with E-state index in [1.165, 1.54) is 17.7 Å². The van der Waals surface area contributed by atoms with Crippen molar-refractivity contribution in [1.82, 2.24) is 5.32 Å². The van der Waals surface area contributed by atoms with Crippen molar-refractivity contribution in [3.05, 3.63) is 72.7 Å². The summed E-state index contributed by atoms with van der Waals surface area (Å²) in [5.41, 5.74) is 2.29. The Morgan fingerprint density at radius 2 is 1.86 bits per heavy atom. The molecule has 0 fully saturated rings. The molecule has 2 rings (SSSR count). The number of nitrogens with zero attached hydrogens (tertiary/aromatic N) is 1. The average Bonchev–Trinajstić information content (AvgIpc) is 2.45. The number of halogens is 2. The zero-order chi connectivity index (χ0) is 15.4. The Morgan fingerprint density at radius 1 is 1.19 bits per heavy atom. The van der Waals surface area contributed by atoms with Gasteiger partial charge in [-0.3, -0.25) is 10.1 Å². The van der Waals surface area contributed by atoms with Gasteiger partial charge in [0.05, 0.1) is 4.92 Å². The lowest BCUT2D eigenvalue weighted by Gasteiger charge is -2.16. The summed E-state index contributed by atoms with van der Waals surface area (Å²) in [5, 5.41) is 14.0. The fraction of sp³-hybridized carbons (Fsp3) is 0.200. The largest absolute Gasteiger partial charge is 0.306 e. The third kappa shape index (κ3) is 4.36. The first-order valence-electron chi connectivity index (χ1n) is 6.39. The molecular weight excluding hydrogens is 400 g/mol. The van der Waals surface area contributed by atoms with Crippen molar-refractivity contribution in [2.45, 2.75) is 19.5 Å². The molecule has 1 N–H and O–H groups in total. The molecule has 0 bridgehead atoms. The van der Waals surface area contributed by atoms with Gasteiger partial charge in [-0.2, -0.15) is 0 Å². The molecule has 0 aliphatic heterocycles. The lowest BCUT2D eigenvalue weighted by Crippen LogP contribution is -2.18. The van der Waals surface area contributed by atoms with E-state index < -0.39 is 4.92 Å². The van der Waals surface area contributed by atoms with E-state index in [1.807, 2.05) is 12.1 Å². The van der Waals surface area contributed by atoms with Crippen LogP contribution in [-0.2, 0) is 6.54 Å². The minimum Gasteiger partial charge on any atom is -0.306 e. The molecule has 2 aromatic rings. The molecule has 1 unspecified atom stereocenters. The molecule has 110 valence electrons. The van der Waals surface area contributed by atoms with Gasteiger partial charge in [0.1, 0.15) is 0 Å². The molecule has 0 aliphatic carbocycles. The maximum atomic E-state index is 10.6. The molecule has 4 nitrogen and oxygen atoms in total. The van der Waals surface area contributed by atoms with Gasteiger partial charge in [-0.15, -0.1) is 0 Å². The minimum atomic E-state index is -0.390. The first kappa shape index (κ1) is 16.1. The van der Waals surface area contributed by atoms with Crippen molar-refractivity contribution in [1.29, 1.82) is 0 Å². The number of nitrogens with one attached hydrogen (secondary N) is 1. The molecule has 0 spiro atoms. The van der Waals surface area contributed by atoms with Crippen LogP contribution in [0.15, 0.2) is 51.4 Å². The SMILES string of the molecule is CC(NCc1ccc([N+](=O)[O-])cc1)c1ccc(Br)cc1Br. The standard InChI is InChI=1S/C15H14Br2N2O2/c1-10(14-7-4-12(16)8-15(14)17)18-9-11-2-5-13(6-3-11)19(20)21/h2-8,10,18H,9H2,1H3. The van der Waals surface area contributed by atoms with Crippen molar-refractivity contribution >= 4 is 37.5 Å². The first-order chi connectivity index (χ1) is 9.97. The second-order valence-corrected chi connectivity index (χ2v) is 6.46. The number of rotatable bonds is 5. The van der Waals surface area contributed by atoms with Gasteiger partial charge in [0.25, 0.3) is 5.69 Å². The van der Waals surface area contributed by atoms with Crippen LogP contribution in [0.25, 0.3) is 0 Å². The third-order valence-corrected chi connectivity index (χ3v) is 4.37. The Balaban J connectivity index is 2.00. The molecule has 0 aliphatic rings. The van der Waals surface area contributed by atoms with E-state index in [0.717, 1.165) is 14.5 Å². The molecule has 0 saturated heterocycles. The Labute approximate surface area is 140 Å². The molecule has 2 aromatic carbocycles. The van der Waals surface area contributed by atoms with E-state index in [1.54, 1.807) is 12.1 Å². The van der Waals surface area contributed by atoms with Crippen LogP contribution >= 0.6 is 31.9 Å². The highest BCUT2D eigenvalue weighted by molar-refractivity contribution is 9.11. The van der Waals surface area contributed by atoms with Crippen LogP contribution in [0.4, 0.5) is 5.69 Å². The molecule has 1 atom stereocenters.